The minimum Gasteiger partial charge on any atom is -0.368 e. The SMILES string of the molecule is Cc1cc(C)n(C(C)CC(=O)N2CCN(c3ccc(F)cc3)CC2)n1. The molecule has 134 valence electrons. The van der Waals surface area contributed by atoms with E-state index in [0.29, 0.717) is 19.5 Å². The van der Waals surface area contributed by atoms with Gasteiger partial charge in [-0.2, -0.15) is 5.10 Å². The fraction of sp³-hybridized carbons (Fsp3) is 0.474. The van der Waals surface area contributed by atoms with Crippen LogP contribution in [0.1, 0.15) is 30.8 Å². The highest BCUT2D eigenvalue weighted by Crippen LogP contribution is 2.19. The van der Waals surface area contributed by atoms with Gasteiger partial charge >= 0.3 is 0 Å². The number of benzene rings is 1. The second kappa shape index (κ2) is 7.25. The highest BCUT2D eigenvalue weighted by Gasteiger charge is 2.23. The first-order valence-electron chi connectivity index (χ1n) is 8.75. The summed E-state index contributed by atoms with van der Waals surface area (Å²) in [5, 5.41) is 4.47. The molecule has 1 amide bonds. The van der Waals surface area contributed by atoms with E-state index in [1.807, 2.05) is 36.4 Å². The molecule has 5 nitrogen and oxygen atoms in total. The summed E-state index contributed by atoms with van der Waals surface area (Å²) in [6.45, 7) is 8.94. The number of hydrogen-bond donors (Lipinski definition) is 0. The van der Waals surface area contributed by atoms with Crippen LogP contribution < -0.4 is 4.90 Å². The first kappa shape index (κ1) is 17.5. The van der Waals surface area contributed by atoms with Crippen LogP contribution in [0.5, 0.6) is 0 Å². The van der Waals surface area contributed by atoms with Gasteiger partial charge in [0.05, 0.1) is 11.7 Å². The zero-order chi connectivity index (χ0) is 18.0. The average Bonchev–Trinajstić information content (AvgIpc) is 2.94. The first-order valence-corrected chi connectivity index (χ1v) is 8.75. The van der Waals surface area contributed by atoms with Crippen molar-refractivity contribution < 1.29 is 9.18 Å². The highest BCUT2D eigenvalue weighted by molar-refractivity contribution is 5.77. The second-order valence-corrected chi connectivity index (χ2v) is 6.77. The lowest BCUT2D eigenvalue weighted by atomic mass is 10.2. The number of rotatable bonds is 4. The maximum absolute atomic E-state index is 13.0. The van der Waals surface area contributed by atoms with Crippen LogP contribution in [0.4, 0.5) is 10.1 Å². The molecule has 1 saturated heterocycles. The van der Waals surface area contributed by atoms with Crippen LogP contribution in [-0.4, -0.2) is 46.8 Å². The third-order valence-corrected chi connectivity index (χ3v) is 4.76. The van der Waals surface area contributed by atoms with E-state index in [-0.39, 0.29) is 17.8 Å². The molecule has 1 fully saturated rings. The molecule has 25 heavy (non-hydrogen) atoms. The van der Waals surface area contributed by atoms with Crippen LogP contribution in [0.25, 0.3) is 0 Å². The molecular weight excluding hydrogens is 319 g/mol. The summed E-state index contributed by atoms with van der Waals surface area (Å²) in [6, 6.07) is 8.61. The van der Waals surface area contributed by atoms with Crippen molar-refractivity contribution in [2.24, 2.45) is 0 Å². The predicted octanol–water partition coefficient (Wildman–Crippen LogP) is 2.94. The Balaban J connectivity index is 1.54. The van der Waals surface area contributed by atoms with E-state index in [1.54, 1.807) is 12.1 Å². The average molecular weight is 344 g/mol. The van der Waals surface area contributed by atoms with Gasteiger partial charge in [0.2, 0.25) is 5.91 Å². The van der Waals surface area contributed by atoms with E-state index >= 15 is 0 Å². The van der Waals surface area contributed by atoms with Crippen LogP contribution in [0, 0.1) is 19.7 Å². The van der Waals surface area contributed by atoms with E-state index in [0.717, 1.165) is 30.2 Å². The zero-order valence-electron chi connectivity index (χ0n) is 15.1. The lowest BCUT2D eigenvalue weighted by molar-refractivity contribution is -0.132. The third kappa shape index (κ3) is 4.00. The summed E-state index contributed by atoms with van der Waals surface area (Å²) in [5.41, 5.74) is 3.06. The van der Waals surface area contributed by atoms with E-state index in [1.165, 1.54) is 12.1 Å². The monoisotopic (exact) mass is 344 g/mol. The van der Waals surface area contributed by atoms with E-state index in [4.69, 9.17) is 0 Å². The topological polar surface area (TPSA) is 41.4 Å². The Morgan fingerprint density at radius 2 is 1.80 bits per heavy atom. The fourth-order valence-electron chi connectivity index (χ4n) is 3.43. The molecule has 0 bridgehead atoms. The minimum absolute atomic E-state index is 0.0522. The van der Waals surface area contributed by atoms with Crippen molar-refractivity contribution >= 4 is 11.6 Å². The second-order valence-electron chi connectivity index (χ2n) is 6.77. The summed E-state index contributed by atoms with van der Waals surface area (Å²) in [5.74, 6) is -0.0606. The van der Waals surface area contributed by atoms with Gasteiger partial charge in [0.1, 0.15) is 5.82 Å². The van der Waals surface area contributed by atoms with Crippen LogP contribution in [0.15, 0.2) is 30.3 Å². The number of halogens is 1. The zero-order valence-corrected chi connectivity index (χ0v) is 15.1. The van der Waals surface area contributed by atoms with Crippen molar-refractivity contribution in [3.63, 3.8) is 0 Å². The number of nitrogens with zero attached hydrogens (tertiary/aromatic N) is 4. The van der Waals surface area contributed by atoms with Gasteiger partial charge in [-0.3, -0.25) is 9.48 Å². The summed E-state index contributed by atoms with van der Waals surface area (Å²) in [7, 11) is 0. The van der Waals surface area contributed by atoms with Gasteiger partial charge < -0.3 is 9.80 Å². The number of aryl methyl sites for hydroxylation is 2. The highest BCUT2D eigenvalue weighted by atomic mass is 19.1. The Kier molecular flexibility index (Phi) is 5.06. The maximum Gasteiger partial charge on any atom is 0.224 e. The van der Waals surface area contributed by atoms with Gasteiger partial charge in [0.25, 0.3) is 0 Å². The largest absolute Gasteiger partial charge is 0.368 e. The van der Waals surface area contributed by atoms with Gasteiger partial charge in [-0.15, -0.1) is 0 Å². The molecule has 0 aliphatic carbocycles. The van der Waals surface area contributed by atoms with E-state index in [9.17, 15) is 9.18 Å². The van der Waals surface area contributed by atoms with Crippen molar-refractivity contribution in [3.8, 4) is 0 Å². The molecule has 6 heteroatoms. The molecule has 1 aromatic carbocycles. The molecule has 0 saturated carbocycles. The van der Waals surface area contributed by atoms with Gasteiger partial charge in [-0.05, 0) is 51.1 Å². The summed E-state index contributed by atoms with van der Waals surface area (Å²) in [4.78, 5) is 16.7. The van der Waals surface area contributed by atoms with Crippen molar-refractivity contribution in [3.05, 3.63) is 47.5 Å². The van der Waals surface area contributed by atoms with Crippen LogP contribution in [0.2, 0.25) is 0 Å². The van der Waals surface area contributed by atoms with Gasteiger partial charge in [-0.25, -0.2) is 4.39 Å². The molecule has 1 aromatic heterocycles. The number of carbonyl (C=O) groups excluding carboxylic acids is 1. The Labute approximate surface area is 148 Å². The summed E-state index contributed by atoms with van der Waals surface area (Å²) >= 11 is 0. The summed E-state index contributed by atoms with van der Waals surface area (Å²) < 4.78 is 15.0. The fourth-order valence-corrected chi connectivity index (χ4v) is 3.43. The number of amides is 1. The van der Waals surface area contributed by atoms with Crippen LogP contribution in [0.3, 0.4) is 0 Å². The lowest BCUT2D eigenvalue weighted by Crippen LogP contribution is -2.49. The molecule has 1 unspecified atom stereocenters. The summed E-state index contributed by atoms with van der Waals surface area (Å²) in [6.07, 6.45) is 0.457. The number of aromatic nitrogens is 2. The quantitative estimate of drug-likeness (QED) is 0.856. The Bertz CT molecular complexity index is 732. The predicted molar refractivity (Wildman–Crippen MR) is 96.2 cm³/mol. The minimum atomic E-state index is -0.226. The van der Waals surface area contributed by atoms with Crippen LogP contribution in [-0.2, 0) is 4.79 Å². The maximum atomic E-state index is 13.0. The first-order chi connectivity index (χ1) is 11.9. The van der Waals surface area contributed by atoms with E-state index in [2.05, 4.69) is 10.00 Å². The number of hydrogen-bond acceptors (Lipinski definition) is 3. The Hall–Kier alpha value is -2.37. The van der Waals surface area contributed by atoms with Gasteiger partial charge in [0, 0.05) is 44.0 Å². The molecule has 0 spiro atoms. The van der Waals surface area contributed by atoms with Crippen molar-refractivity contribution in [2.45, 2.75) is 33.2 Å². The van der Waals surface area contributed by atoms with Gasteiger partial charge in [-0.1, -0.05) is 0 Å². The molecule has 0 N–H and O–H groups in total. The van der Waals surface area contributed by atoms with Crippen LogP contribution >= 0.6 is 0 Å². The normalized spacial score (nSPS) is 16.2. The van der Waals surface area contributed by atoms with Crippen molar-refractivity contribution in [1.82, 2.24) is 14.7 Å². The third-order valence-electron chi connectivity index (χ3n) is 4.76. The number of carbonyl (C=O) groups is 1. The molecule has 0 radical (unpaired) electrons. The molecule has 2 aromatic rings. The molecule has 1 aliphatic rings. The van der Waals surface area contributed by atoms with E-state index < -0.39 is 0 Å². The molecule has 1 atom stereocenters. The smallest absolute Gasteiger partial charge is 0.224 e. The molecular formula is C19H25FN4O. The van der Waals surface area contributed by atoms with Gasteiger partial charge in [0.15, 0.2) is 0 Å². The number of anilines is 1. The Morgan fingerprint density at radius 3 is 2.36 bits per heavy atom. The Morgan fingerprint density at radius 1 is 1.16 bits per heavy atom. The molecule has 3 rings (SSSR count). The lowest BCUT2D eigenvalue weighted by Gasteiger charge is -2.36. The van der Waals surface area contributed by atoms with Crippen molar-refractivity contribution in [2.75, 3.05) is 31.1 Å². The molecule has 1 aliphatic heterocycles. The molecule has 2 heterocycles. The number of piperazine rings is 1. The standard InChI is InChI=1S/C19H25FN4O/c1-14-12-15(2)24(21-14)16(3)13-19(25)23-10-8-22(9-11-23)18-6-4-17(20)5-7-18/h4-7,12,16H,8-11,13H2,1-3H3. The van der Waals surface area contributed by atoms with Crippen molar-refractivity contribution in [1.29, 1.82) is 0 Å².